The highest BCUT2D eigenvalue weighted by molar-refractivity contribution is 7.97. The zero-order valence-electron chi connectivity index (χ0n) is 13.8. The second kappa shape index (κ2) is 7.08. The molecule has 0 spiro atoms. The molecule has 0 radical (unpaired) electrons. The van der Waals surface area contributed by atoms with E-state index in [1.54, 1.807) is 12.1 Å². The van der Waals surface area contributed by atoms with Gasteiger partial charge in [-0.05, 0) is 41.0 Å². The van der Waals surface area contributed by atoms with Crippen molar-refractivity contribution in [2.75, 3.05) is 0 Å². The molecule has 25 heavy (non-hydrogen) atoms. The molecule has 3 heteroatoms. The second-order valence-corrected chi connectivity index (χ2v) is 6.98. The highest BCUT2D eigenvalue weighted by Gasteiger charge is 2.06. The monoisotopic (exact) mass is 345 g/mol. The van der Waals surface area contributed by atoms with Crippen LogP contribution in [-0.4, -0.2) is 9.67 Å². The first-order chi connectivity index (χ1) is 12.3. The molecule has 0 fully saturated rings. The molecule has 0 atom stereocenters. The van der Waals surface area contributed by atoms with E-state index in [1.807, 2.05) is 23.9 Å². The molecule has 2 nitrogen and oxygen atoms in total. The van der Waals surface area contributed by atoms with Gasteiger partial charge < -0.3 is 9.67 Å². The number of benzene rings is 3. The lowest BCUT2D eigenvalue weighted by Gasteiger charge is -2.10. The summed E-state index contributed by atoms with van der Waals surface area (Å²) in [5, 5.41) is 10.7. The fourth-order valence-electron chi connectivity index (χ4n) is 3.10. The fourth-order valence-corrected chi connectivity index (χ4v) is 4.08. The van der Waals surface area contributed by atoms with Crippen LogP contribution in [0.1, 0.15) is 5.56 Å². The molecule has 1 aromatic heterocycles. The van der Waals surface area contributed by atoms with Crippen molar-refractivity contribution in [3.63, 3.8) is 0 Å². The molecule has 1 N–H and O–H groups in total. The van der Waals surface area contributed by atoms with Crippen molar-refractivity contribution in [1.82, 2.24) is 4.57 Å². The number of aromatic nitrogens is 1. The number of aromatic hydroxyl groups is 1. The summed E-state index contributed by atoms with van der Waals surface area (Å²) in [6, 6.07) is 26.7. The maximum absolute atomic E-state index is 9.59. The number of hydrogen-bond donors (Lipinski definition) is 1. The molecular weight excluding hydrogens is 326 g/mol. The number of phenols is 1. The van der Waals surface area contributed by atoms with Gasteiger partial charge in [-0.2, -0.15) is 0 Å². The Morgan fingerprint density at radius 3 is 2.52 bits per heavy atom. The van der Waals surface area contributed by atoms with Crippen molar-refractivity contribution >= 4 is 22.7 Å². The number of thioether (sulfide) groups is 1. The van der Waals surface area contributed by atoms with Crippen LogP contribution >= 0.6 is 11.8 Å². The van der Waals surface area contributed by atoms with E-state index < -0.39 is 0 Å². The Balaban J connectivity index is 1.50. The van der Waals surface area contributed by atoms with Gasteiger partial charge in [-0.15, -0.1) is 11.8 Å². The van der Waals surface area contributed by atoms with Crippen molar-refractivity contribution in [2.45, 2.75) is 11.6 Å². The Hall–Kier alpha value is -2.65. The maximum Gasteiger partial charge on any atom is 0.116 e. The quantitative estimate of drug-likeness (QED) is 0.487. The zero-order chi connectivity index (χ0) is 17.1. The lowest BCUT2D eigenvalue weighted by molar-refractivity contribution is 0.476. The molecule has 124 valence electrons. The molecule has 4 aromatic rings. The van der Waals surface area contributed by atoms with Gasteiger partial charge in [0, 0.05) is 22.9 Å². The second-order valence-electron chi connectivity index (χ2n) is 6.03. The maximum atomic E-state index is 9.59. The van der Waals surface area contributed by atoms with Gasteiger partial charge in [0.25, 0.3) is 0 Å². The summed E-state index contributed by atoms with van der Waals surface area (Å²) in [5.41, 5.74) is 5.08. The largest absolute Gasteiger partial charge is 0.508 e. The molecule has 1 heterocycles. The molecule has 0 unspecified atom stereocenters. The van der Waals surface area contributed by atoms with E-state index in [0.29, 0.717) is 5.75 Å². The van der Waals surface area contributed by atoms with Crippen molar-refractivity contribution in [3.05, 3.63) is 90.6 Å². The minimum Gasteiger partial charge on any atom is -0.508 e. The minimum atomic E-state index is 0.315. The molecular formula is C22H19NOS. The lowest BCUT2D eigenvalue weighted by Crippen LogP contribution is -1.94. The predicted molar refractivity (Wildman–Crippen MR) is 107 cm³/mol. The normalized spacial score (nSPS) is 11.0. The summed E-state index contributed by atoms with van der Waals surface area (Å²) >= 11 is 1.89. The summed E-state index contributed by atoms with van der Waals surface area (Å²) in [5.74, 6) is 2.16. The molecule has 4 rings (SSSR count). The van der Waals surface area contributed by atoms with E-state index in [1.165, 1.54) is 16.7 Å². The predicted octanol–water partition coefficient (Wildman–Crippen LogP) is 5.90. The van der Waals surface area contributed by atoms with E-state index in [9.17, 15) is 5.11 Å². The average Bonchev–Trinajstić information content (AvgIpc) is 3.05. The van der Waals surface area contributed by atoms with Crippen molar-refractivity contribution < 1.29 is 5.11 Å². The summed E-state index contributed by atoms with van der Waals surface area (Å²) in [6.45, 7) is 0. The molecule has 0 aliphatic rings. The zero-order valence-corrected chi connectivity index (χ0v) is 14.6. The van der Waals surface area contributed by atoms with Crippen LogP contribution in [0.3, 0.4) is 0 Å². The lowest BCUT2D eigenvalue weighted by atomic mass is 10.0. The number of phenolic OH excluding ortho intramolecular Hbond substituents is 1. The number of nitrogens with zero attached hydrogens (tertiary/aromatic N) is 1. The Kier molecular flexibility index (Phi) is 4.49. The van der Waals surface area contributed by atoms with Crippen LogP contribution in [0.25, 0.3) is 22.0 Å². The van der Waals surface area contributed by atoms with Crippen LogP contribution < -0.4 is 0 Å². The van der Waals surface area contributed by atoms with Gasteiger partial charge in [-0.1, -0.05) is 54.6 Å². The molecule has 0 aliphatic heterocycles. The third-order valence-electron chi connectivity index (χ3n) is 4.34. The van der Waals surface area contributed by atoms with Crippen molar-refractivity contribution in [3.8, 4) is 16.9 Å². The molecule has 0 aliphatic carbocycles. The van der Waals surface area contributed by atoms with E-state index in [4.69, 9.17) is 0 Å². The Morgan fingerprint density at radius 1 is 0.840 bits per heavy atom. The van der Waals surface area contributed by atoms with Gasteiger partial charge >= 0.3 is 0 Å². The van der Waals surface area contributed by atoms with Crippen LogP contribution in [0.2, 0.25) is 0 Å². The first-order valence-electron chi connectivity index (χ1n) is 8.30. The molecule has 0 amide bonds. The smallest absolute Gasteiger partial charge is 0.116 e. The van der Waals surface area contributed by atoms with E-state index >= 15 is 0 Å². The van der Waals surface area contributed by atoms with Crippen molar-refractivity contribution in [1.29, 1.82) is 0 Å². The van der Waals surface area contributed by atoms with Crippen LogP contribution in [-0.2, 0) is 11.6 Å². The summed E-state index contributed by atoms with van der Waals surface area (Å²) in [6.07, 6.45) is 2.08. The first kappa shape index (κ1) is 15.9. The SMILES string of the molecule is Oc1ccc2c(ccn2CSCc2ccccc2-c2ccccc2)c1. The number of rotatable bonds is 5. The highest BCUT2D eigenvalue weighted by atomic mass is 32.2. The number of hydrogen-bond acceptors (Lipinski definition) is 2. The first-order valence-corrected chi connectivity index (χ1v) is 9.46. The average molecular weight is 345 g/mol. The van der Waals surface area contributed by atoms with E-state index in [0.717, 1.165) is 22.5 Å². The van der Waals surface area contributed by atoms with Crippen LogP contribution in [0, 0.1) is 0 Å². The fraction of sp³-hybridized carbons (Fsp3) is 0.0909. The topological polar surface area (TPSA) is 25.2 Å². The van der Waals surface area contributed by atoms with Gasteiger partial charge in [0.2, 0.25) is 0 Å². The van der Waals surface area contributed by atoms with E-state index in [-0.39, 0.29) is 0 Å². The summed E-state index contributed by atoms with van der Waals surface area (Å²) in [7, 11) is 0. The highest BCUT2D eigenvalue weighted by Crippen LogP contribution is 2.28. The summed E-state index contributed by atoms with van der Waals surface area (Å²) in [4.78, 5) is 0. The van der Waals surface area contributed by atoms with Gasteiger partial charge in [0.1, 0.15) is 5.75 Å². The minimum absolute atomic E-state index is 0.315. The third kappa shape index (κ3) is 3.42. The third-order valence-corrected chi connectivity index (χ3v) is 5.32. The molecule has 3 aromatic carbocycles. The summed E-state index contributed by atoms with van der Waals surface area (Å²) < 4.78 is 2.23. The van der Waals surface area contributed by atoms with Gasteiger partial charge in [0.05, 0.1) is 5.88 Å². The van der Waals surface area contributed by atoms with E-state index in [2.05, 4.69) is 65.4 Å². The van der Waals surface area contributed by atoms with Gasteiger partial charge in [-0.25, -0.2) is 0 Å². The molecule has 0 saturated carbocycles. The molecule has 0 bridgehead atoms. The van der Waals surface area contributed by atoms with Crippen LogP contribution in [0.4, 0.5) is 0 Å². The standard InChI is InChI=1S/C22H19NOS/c24-20-10-11-22-18(14-20)12-13-23(22)16-25-15-19-8-4-5-9-21(19)17-6-2-1-3-7-17/h1-14,24H,15-16H2. The van der Waals surface area contributed by atoms with Crippen LogP contribution in [0.5, 0.6) is 5.75 Å². The van der Waals surface area contributed by atoms with Gasteiger partial charge in [-0.3, -0.25) is 0 Å². The Labute approximate surface area is 151 Å². The van der Waals surface area contributed by atoms with Crippen LogP contribution in [0.15, 0.2) is 85.1 Å². The number of fused-ring (bicyclic) bond motifs is 1. The van der Waals surface area contributed by atoms with Crippen molar-refractivity contribution in [2.24, 2.45) is 0 Å². The molecule has 0 saturated heterocycles. The van der Waals surface area contributed by atoms with Gasteiger partial charge in [0.15, 0.2) is 0 Å². The Bertz CT molecular complexity index is 991. The Morgan fingerprint density at radius 2 is 1.64 bits per heavy atom.